The maximum Gasteiger partial charge on any atom is 0.0751 e. The fraction of sp³-hybridized carbons (Fsp3) is 1.00. The highest BCUT2D eigenvalue weighted by atomic mass is 32.1. The smallest absolute Gasteiger partial charge is 0.0751 e. The van der Waals surface area contributed by atoms with E-state index in [4.69, 9.17) is 10.3 Å². The van der Waals surface area contributed by atoms with Crippen LogP contribution < -0.4 is 0 Å². The zero-order valence-corrected chi connectivity index (χ0v) is 7.24. The molecule has 3 atom stereocenters. The van der Waals surface area contributed by atoms with Gasteiger partial charge in [0.05, 0.1) is 18.8 Å². The molecular formula is C6H11N3OS. The number of nitrogens with zero attached hydrogens (tertiary/aromatic N) is 3. The van der Waals surface area contributed by atoms with E-state index in [1.165, 1.54) is 0 Å². The third-order valence-corrected chi connectivity index (χ3v) is 2.28. The molecule has 0 aromatic rings. The third kappa shape index (κ3) is 2.29. The minimum Gasteiger partial charge on any atom is -0.374 e. The molecule has 1 aliphatic rings. The van der Waals surface area contributed by atoms with Gasteiger partial charge >= 0.3 is 0 Å². The van der Waals surface area contributed by atoms with E-state index in [0.717, 1.165) is 6.42 Å². The van der Waals surface area contributed by atoms with Crippen LogP contribution in [0.1, 0.15) is 13.3 Å². The Bertz CT molecular complexity index is 181. The van der Waals surface area contributed by atoms with Crippen molar-refractivity contribution in [3.05, 3.63) is 10.4 Å². The van der Waals surface area contributed by atoms with Gasteiger partial charge in [0.25, 0.3) is 0 Å². The summed E-state index contributed by atoms with van der Waals surface area (Å²) in [6.45, 7) is 2.40. The summed E-state index contributed by atoms with van der Waals surface area (Å²) in [5.74, 6) is 0. The van der Waals surface area contributed by atoms with Crippen LogP contribution in [0.15, 0.2) is 5.11 Å². The standard InChI is InChI=1S/C6H11N3OS/c1-4-2-6(11)5(10-4)3-8-9-7/h4-6,11H,2-3H2,1H3/t4-,5+,6+/m0/s1. The normalized spacial score (nSPS) is 36.7. The lowest BCUT2D eigenvalue weighted by atomic mass is 10.2. The number of azide groups is 1. The molecule has 1 heterocycles. The van der Waals surface area contributed by atoms with E-state index < -0.39 is 0 Å². The first-order valence-electron chi connectivity index (χ1n) is 3.58. The summed E-state index contributed by atoms with van der Waals surface area (Å²) in [4.78, 5) is 2.67. The van der Waals surface area contributed by atoms with Crippen LogP contribution in [-0.2, 0) is 4.74 Å². The number of hydrogen-bond donors (Lipinski definition) is 1. The molecule has 1 rings (SSSR count). The lowest BCUT2D eigenvalue weighted by Crippen LogP contribution is -2.19. The molecule has 0 unspecified atom stereocenters. The van der Waals surface area contributed by atoms with Gasteiger partial charge in [-0.25, -0.2) is 0 Å². The molecule has 0 aromatic carbocycles. The summed E-state index contributed by atoms with van der Waals surface area (Å²) in [6.07, 6.45) is 1.19. The third-order valence-electron chi connectivity index (χ3n) is 1.73. The molecule has 0 amide bonds. The highest BCUT2D eigenvalue weighted by Gasteiger charge is 2.29. The van der Waals surface area contributed by atoms with Gasteiger partial charge in [-0.05, 0) is 18.9 Å². The Kier molecular flexibility index (Phi) is 3.05. The first-order chi connectivity index (χ1) is 5.24. The highest BCUT2D eigenvalue weighted by molar-refractivity contribution is 7.81. The van der Waals surface area contributed by atoms with Gasteiger partial charge in [0.1, 0.15) is 0 Å². The summed E-state index contributed by atoms with van der Waals surface area (Å²) in [6, 6.07) is 0. The molecule has 4 nitrogen and oxygen atoms in total. The molecule has 0 radical (unpaired) electrons. The molecule has 1 aliphatic heterocycles. The monoisotopic (exact) mass is 173 g/mol. The maximum absolute atomic E-state index is 8.06. The van der Waals surface area contributed by atoms with Gasteiger partial charge in [0, 0.05) is 10.2 Å². The summed E-state index contributed by atoms with van der Waals surface area (Å²) in [5.41, 5.74) is 8.06. The Morgan fingerprint density at radius 2 is 2.55 bits per heavy atom. The highest BCUT2D eigenvalue weighted by Crippen LogP contribution is 2.24. The van der Waals surface area contributed by atoms with Crippen molar-refractivity contribution in [2.75, 3.05) is 6.54 Å². The van der Waals surface area contributed by atoms with E-state index >= 15 is 0 Å². The average Bonchev–Trinajstić information content (AvgIpc) is 2.26. The summed E-state index contributed by atoms with van der Waals surface area (Å²) in [5, 5.41) is 3.66. The zero-order chi connectivity index (χ0) is 8.27. The van der Waals surface area contributed by atoms with Crippen LogP contribution in [0.4, 0.5) is 0 Å². The largest absolute Gasteiger partial charge is 0.374 e. The fourth-order valence-electron chi connectivity index (χ4n) is 1.22. The number of hydrogen-bond acceptors (Lipinski definition) is 3. The van der Waals surface area contributed by atoms with Crippen LogP contribution in [0.5, 0.6) is 0 Å². The Balaban J connectivity index is 2.40. The van der Waals surface area contributed by atoms with Crippen molar-refractivity contribution in [3.8, 4) is 0 Å². The molecule has 0 spiro atoms. The van der Waals surface area contributed by atoms with Crippen molar-refractivity contribution in [2.45, 2.75) is 30.8 Å². The summed E-state index contributed by atoms with van der Waals surface area (Å²) in [7, 11) is 0. The van der Waals surface area contributed by atoms with Gasteiger partial charge in [0.2, 0.25) is 0 Å². The van der Waals surface area contributed by atoms with Gasteiger partial charge in [0.15, 0.2) is 0 Å². The molecule has 0 saturated carbocycles. The SMILES string of the molecule is C[C@H]1C[C@@H](S)[C@@H](CN=[N+]=[N-])O1. The Hall–Kier alpha value is -0.380. The molecule has 5 heteroatoms. The molecule has 1 fully saturated rings. The van der Waals surface area contributed by atoms with Crippen molar-refractivity contribution in [2.24, 2.45) is 5.11 Å². The Morgan fingerprint density at radius 3 is 3.00 bits per heavy atom. The zero-order valence-electron chi connectivity index (χ0n) is 6.34. The van der Waals surface area contributed by atoms with E-state index in [0.29, 0.717) is 6.54 Å². The number of rotatable bonds is 2. The molecule has 62 valence electrons. The lowest BCUT2D eigenvalue weighted by molar-refractivity contribution is 0.0625. The number of thiol groups is 1. The van der Waals surface area contributed by atoms with Gasteiger partial charge < -0.3 is 4.74 Å². The van der Waals surface area contributed by atoms with Crippen molar-refractivity contribution in [1.82, 2.24) is 0 Å². The predicted molar refractivity (Wildman–Crippen MR) is 45.7 cm³/mol. The van der Waals surface area contributed by atoms with Crippen molar-refractivity contribution >= 4 is 12.6 Å². The van der Waals surface area contributed by atoms with Crippen LogP contribution in [0, 0.1) is 0 Å². The Labute approximate surface area is 71.0 Å². The summed E-state index contributed by atoms with van der Waals surface area (Å²) < 4.78 is 5.43. The van der Waals surface area contributed by atoms with Crippen LogP contribution in [-0.4, -0.2) is 24.0 Å². The van der Waals surface area contributed by atoms with Crippen LogP contribution >= 0.6 is 12.6 Å². The maximum atomic E-state index is 8.06. The molecule has 0 aliphatic carbocycles. The molecule has 0 aromatic heterocycles. The van der Waals surface area contributed by atoms with Crippen LogP contribution in [0.25, 0.3) is 10.4 Å². The van der Waals surface area contributed by atoms with Crippen molar-refractivity contribution < 1.29 is 4.74 Å². The molecule has 0 bridgehead atoms. The molecule has 1 saturated heterocycles. The minimum absolute atomic E-state index is 0.00392. The van der Waals surface area contributed by atoms with E-state index in [1.807, 2.05) is 6.92 Å². The van der Waals surface area contributed by atoms with Gasteiger partial charge in [-0.3, -0.25) is 0 Å². The van der Waals surface area contributed by atoms with Crippen LogP contribution in [0.3, 0.4) is 0 Å². The first-order valence-corrected chi connectivity index (χ1v) is 4.10. The second-order valence-electron chi connectivity index (χ2n) is 2.70. The van der Waals surface area contributed by atoms with Crippen molar-refractivity contribution in [3.63, 3.8) is 0 Å². The molecule has 11 heavy (non-hydrogen) atoms. The second-order valence-corrected chi connectivity index (χ2v) is 3.36. The van der Waals surface area contributed by atoms with Gasteiger partial charge in [-0.2, -0.15) is 12.6 Å². The van der Waals surface area contributed by atoms with E-state index in [1.54, 1.807) is 0 Å². The van der Waals surface area contributed by atoms with Gasteiger partial charge in [-0.15, -0.1) is 0 Å². The summed E-state index contributed by atoms with van der Waals surface area (Å²) >= 11 is 4.31. The van der Waals surface area contributed by atoms with Crippen LogP contribution in [0.2, 0.25) is 0 Å². The lowest BCUT2D eigenvalue weighted by Gasteiger charge is -2.09. The average molecular weight is 173 g/mol. The Morgan fingerprint density at radius 1 is 1.82 bits per heavy atom. The van der Waals surface area contributed by atoms with Gasteiger partial charge in [-0.1, -0.05) is 5.11 Å². The fourth-order valence-corrected chi connectivity index (χ4v) is 1.68. The van der Waals surface area contributed by atoms with E-state index in [-0.39, 0.29) is 17.5 Å². The van der Waals surface area contributed by atoms with E-state index in [2.05, 4.69) is 22.7 Å². The predicted octanol–water partition coefficient (Wildman–Crippen LogP) is 1.77. The molecular weight excluding hydrogens is 162 g/mol. The molecule has 0 N–H and O–H groups in total. The quantitative estimate of drug-likeness (QED) is 0.294. The second kappa shape index (κ2) is 3.85. The minimum atomic E-state index is 0.00392. The van der Waals surface area contributed by atoms with E-state index in [9.17, 15) is 0 Å². The van der Waals surface area contributed by atoms with Crippen molar-refractivity contribution in [1.29, 1.82) is 0 Å². The topological polar surface area (TPSA) is 58.0 Å². The number of ether oxygens (including phenoxy) is 1. The first kappa shape index (κ1) is 8.71.